The maximum Gasteiger partial charge on any atom is 0.320 e. The second-order valence-corrected chi connectivity index (χ2v) is 2.37. The van der Waals surface area contributed by atoms with Crippen molar-refractivity contribution in [2.45, 2.75) is 6.42 Å². The summed E-state index contributed by atoms with van der Waals surface area (Å²) in [5.41, 5.74) is 0. The van der Waals surface area contributed by atoms with Crippen LogP contribution in [0.25, 0.3) is 0 Å². The molecule has 0 radical (unpaired) electrons. The quantitative estimate of drug-likeness (QED) is 0.371. The van der Waals surface area contributed by atoms with Crippen LogP contribution in [0.4, 0.5) is 0 Å². The standard InChI is InChI=1S/C9H11NO4/c1-13-8(11)7(9(12)14-2)5-3-4-6-10/h3-4,7H,5H2,1-2H3/b4-3-. The van der Waals surface area contributed by atoms with Crippen molar-refractivity contribution >= 4 is 11.9 Å². The van der Waals surface area contributed by atoms with Crippen LogP contribution in [-0.2, 0) is 19.1 Å². The van der Waals surface area contributed by atoms with Gasteiger partial charge in [-0.2, -0.15) is 5.26 Å². The summed E-state index contributed by atoms with van der Waals surface area (Å²) in [6, 6.07) is 1.75. The average Bonchev–Trinajstić information content (AvgIpc) is 2.22. The van der Waals surface area contributed by atoms with Gasteiger partial charge < -0.3 is 9.47 Å². The van der Waals surface area contributed by atoms with Gasteiger partial charge >= 0.3 is 11.9 Å². The summed E-state index contributed by atoms with van der Waals surface area (Å²) in [6.45, 7) is 0. The van der Waals surface area contributed by atoms with E-state index in [1.807, 2.05) is 0 Å². The molecule has 0 aliphatic rings. The van der Waals surface area contributed by atoms with E-state index in [0.29, 0.717) is 0 Å². The molecule has 5 heteroatoms. The van der Waals surface area contributed by atoms with Gasteiger partial charge in [0.15, 0.2) is 5.92 Å². The van der Waals surface area contributed by atoms with Crippen LogP contribution in [0.3, 0.4) is 0 Å². The molecule has 0 heterocycles. The molecule has 0 aromatic rings. The first-order chi connectivity index (χ1) is 6.67. The third kappa shape index (κ3) is 3.72. The lowest BCUT2D eigenvalue weighted by Crippen LogP contribution is -2.25. The number of hydrogen-bond donors (Lipinski definition) is 0. The predicted molar refractivity (Wildman–Crippen MR) is 46.9 cm³/mol. The lowest BCUT2D eigenvalue weighted by molar-refractivity contribution is -0.158. The summed E-state index contributed by atoms with van der Waals surface area (Å²) in [5, 5.41) is 8.20. The van der Waals surface area contributed by atoms with Crippen LogP contribution in [0, 0.1) is 17.2 Å². The van der Waals surface area contributed by atoms with Crippen molar-refractivity contribution < 1.29 is 19.1 Å². The molecule has 0 aromatic heterocycles. The molecule has 76 valence electrons. The Morgan fingerprint density at radius 1 is 1.36 bits per heavy atom. The molecule has 0 bridgehead atoms. The fraction of sp³-hybridized carbons (Fsp3) is 0.444. The summed E-state index contributed by atoms with van der Waals surface area (Å²) in [6.07, 6.45) is 2.71. The zero-order chi connectivity index (χ0) is 11.0. The molecule has 0 fully saturated rings. The Labute approximate surface area is 81.9 Å². The fourth-order valence-corrected chi connectivity index (χ4v) is 0.830. The Kier molecular flexibility index (Phi) is 5.79. The maximum absolute atomic E-state index is 11.1. The molecule has 0 N–H and O–H groups in total. The lowest BCUT2D eigenvalue weighted by atomic mass is 10.1. The van der Waals surface area contributed by atoms with E-state index in [1.54, 1.807) is 6.07 Å². The zero-order valence-electron chi connectivity index (χ0n) is 8.02. The van der Waals surface area contributed by atoms with Gasteiger partial charge in [0.05, 0.1) is 20.3 Å². The van der Waals surface area contributed by atoms with Crippen molar-refractivity contribution in [3.05, 3.63) is 12.2 Å². The Hall–Kier alpha value is -1.83. The van der Waals surface area contributed by atoms with Crippen molar-refractivity contribution in [1.29, 1.82) is 5.26 Å². The molecule has 0 unspecified atom stereocenters. The molecule has 0 rings (SSSR count). The summed E-state index contributed by atoms with van der Waals surface area (Å²) in [5.74, 6) is -2.33. The Morgan fingerprint density at radius 3 is 2.21 bits per heavy atom. The largest absolute Gasteiger partial charge is 0.468 e. The van der Waals surface area contributed by atoms with Crippen LogP contribution in [-0.4, -0.2) is 26.2 Å². The summed E-state index contributed by atoms with van der Waals surface area (Å²) < 4.78 is 8.82. The van der Waals surface area contributed by atoms with Crippen molar-refractivity contribution in [2.24, 2.45) is 5.92 Å². The van der Waals surface area contributed by atoms with E-state index in [2.05, 4.69) is 9.47 Å². The number of esters is 2. The van der Waals surface area contributed by atoms with E-state index in [9.17, 15) is 9.59 Å². The van der Waals surface area contributed by atoms with Gasteiger partial charge in [0, 0.05) is 6.08 Å². The Morgan fingerprint density at radius 2 is 1.86 bits per heavy atom. The van der Waals surface area contributed by atoms with Crippen LogP contribution in [0.2, 0.25) is 0 Å². The van der Waals surface area contributed by atoms with Gasteiger partial charge in [-0.15, -0.1) is 0 Å². The van der Waals surface area contributed by atoms with Gasteiger partial charge in [0.25, 0.3) is 0 Å². The molecule has 0 spiro atoms. The van der Waals surface area contributed by atoms with Crippen LogP contribution >= 0.6 is 0 Å². The molecule has 14 heavy (non-hydrogen) atoms. The Bertz CT molecular complexity index is 261. The van der Waals surface area contributed by atoms with Crippen LogP contribution < -0.4 is 0 Å². The van der Waals surface area contributed by atoms with Gasteiger partial charge in [-0.3, -0.25) is 9.59 Å². The van der Waals surface area contributed by atoms with Crippen molar-refractivity contribution in [1.82, 2.24) is 0 Å². The maximum atomic E-state index is 11.1. The van der Waals surface area contributed by atoms with E-state index in [-0.39, 0.29) is 6.42 Å². The first-order valence-corrected chi connectivity index (χ1v) is 3.87. The number of methoxy groups -OCH3 is 2. The van der Waals surface area contributed by atoms with Gasteiger partial charge in [-0.05, 0) is 6.42 Å². The normalized spacial score (nSPS) is 9.86. The van der Waals surface area contributed by atoms with Gasteiger partial charge in [0.2, 0.25) is 0 Å². The topological polar surface area (TPSA) is 76.4 Å². The molecule has 0 amide bonds. The minimum absolute atomic E-state index is 0.104. The minimum atomic E-state index is -0.991. The fourth-order valence-electron chi connectivity index (χ4n) is 0.830. The van der Waals surface area contributed by atoms with E-state index in [1.165, 1.54) is 26.4 Å². The average molecular weight is 197 g/mol. The van der Waals surface area contributed by atoms with E-state index < -0.39 is 17.9 Å². The van der Waals surface area contributed by atoms with Gasteiger partial charge in [0.1, 0.15) is 0 Å². The highest BCUT2D eigenvalue weighted by atomic mass is 16.5. The summed E-state index contributed by atoms with van der Waals surface area (Å²) in [4.78, 5) is 22.1. The number of carbonyl (C=O) groups is 2. The van der Waals surface area contributed by atoms with Crippen LogP contribution in [0.15, 0.2) is 12.2 Å². The highest BCUT2D eigenvalue weighted by Gasteiger charge is 2.26. The molecule has 0 aliphatic carbocycles. The third-order valence-corrected chi connectivity index (χ3v) is 1.54. The monoisotopic (exact) mass is 197 g/mol. The lowest BCUT2D eigenvalue weighted by Gasteiger charge is -2.09. The highest BCUT2D eigenvalue weighted by Crippen LogP contribution is 2.08. The second-order valence-electron chi connectivity index (χ2n) is 2.37. The molecule has 0 atom stereocenters. The molecular formula is C9H11NO4. The number of ether oxygens (including phenoxy) is 2. The van der Waals surface area contributed by atoms with Crippen molar-refractivity contribution in [2.75, 3.05) is 14.2 Å². The van der Waals surface area contributed by atoms with Crippen molar-refractivity contribution in [3.8, 4) is 6.07 Å². The second kappa shape index (κ2) is 6.66. The van der Waals surface area contributed by atoms with E-state index in [0.717, 1.165) is 0 Å². The number of rotatable bonds is 4. The summed E-state index contributed by atoms with van der Waals surface area (Å²) >= 11 is 0. The third-order valence-electron chi connectivity index (χ3n) is 1.54. The summed E-state index contributed by atoms with van der Waals surface area (Å²) in [7, 11) is 2.37. The molecule has 0 saturated carbocycles. The molecule has 5 nitrogen and oxygen atoms in total. The number of hydrogen-bond acceptors (Lipinski definition) is 5. The smallest absolute Gasteiger partial charge is 0.320 e. The number of carbonyl (C=O) groups excluding carboxylic acids is 2. The van der Waals surface area contributed by atoms with Crippen molar-refractivity contribution in [3.63, 3.8) is 0 Å². The van der Waals surface area contributed by atoms with Gasteiger partial charge in [-0.1, -0.05) is 6.08 Å². The Balaban J connectivity index is 4.42. The SMILES string of the molecule is COC(=O)C(C/C=C\C#N)C(=O)OC. The first kappa shape index (κ1) is 12.2. The molecule has 0 aromatic carbocycles. The molecular weight excluding hydrogens is 186 g/mol. The zero-order valence-corrected chi connectivity index (χ0v) is 8.02. The van der Waals surface area contributed by atoms with E-state index in [4.69, 9.17) is 5.26 Å². The minimum Gasteiger partial charge on any atom is -0.468 e. The van der Waals surface area contributed by atoms with E-state index >= 15 is 0 Å². The first-order valence-electron chi connectivity index (χ1n) is 3.87. The number of nitriles is 1. The molecule has 0 saturated heterocycles. The van der Waals surface area contributed by atoms with Crippen LogP contribution in [0.5, 0.6) is 0 Å². The predicted octanol–water partition coefficient (Wildman–Crippen LogP) is 0.418. The molecule has 0 aliphatic heterocycles. The van der Waals surface area contributed by atoms with Gasteiger partial charge in [-0.25, -0.2) is 0 Å². The number of nitrogens with zero attached hydrogens (tertiary/aromatic N) is 1. The van der Waals surface area contributed by atoms with Crippen LogP contribution in [0.1, 0.15) is 6.42 Å². The highest BCUT2D eigenvalue weighted by molar-refractivity contribution is 5.94. The number of allylic oxidation sites excluding steroid dienone is 2.